The number of carbonyl (C=O) groups is 2. The molecule has 0 saturated heterocycles. The van der Waals surface area contributed by atoms with Crippen LogP contribution < -0.4 is 4.72 Å². The van der Waals surface area contributed by atoms with Gasteiger partial charge in [0.05, 0.1) is 15.7 Å². The molecule has 2 atom stereocenters. The first-order chi connectivity index (χ1) is 8.20. The summed E-state index contributed by atoms with van der Waals surface area (Å²) in [5.74, 6) is -1.06. The lowest BCUT2D eigenvalue weighted by Gasteiger charge is -2.23. The molecule has 5 nitrogen and oxygen atoms in total. The number of rotatable bonds is 7. The Labute approximate surface area is 110 Å². The van der Waals surface area contributed by atoms with E-state index < -0.39 is 23.4 Å². The van der Waals surface area contributed by atoms with Crippen LogP contribution in [-0.2, 0) is 20.6 Å². The summed E-state index contributed by atoms with van der Waals surface area (Å²) >= 11 is 0. The van der Waals surface area contributed by atoms with Crippen LogP contribution in [0.15, 0.2) is 0 Å². The molecule has 0 spiro atoms. The van der Waals surface area contributed by atoms with Crippen molar-refractivity contribution in [2.45, 2.75) is 57.2 Å². The highest BCUT2D eigenvalue weighted by atomic mass is 32.2. The third kappa shape index (κ3) is 5.27. The van der Waals surface area contributed by atoms with Crippen molar-refractivity contribution in [2.24, 2.45) is 5.92 Å². The zero-order chi connectivity index (χ0) is 13.9. The van der Waals surface area contributed by atoms with Crippen molar-refractivity contribution in [3.05, 3.63) is 0 Å². The second kappa shape index (κ2) is 5.93. The normalized spacial score (nSPS) is 19.3. The Balaban J connectivity index is 2.53. The molecule has 0 bridgehead atoms. The molecular weight excluding hydrogens is 254 g/mol. The number of ketones is 1. The van der Waals surface area contributed by atoms with Crippen molar-refractivity contribution in [3.8, 4) is 0 Å². The van der Waals surface area contributed by atoms with Gasteiger partial charge in [0, 0.05) is 12.5 Å². The molecule has 0 aromatic carbocycles. The topological polar surface area (TPSA) is 83.5 Å². The largest absolute Gasteiger partial charge is 0.481 e. The van der Waals surface area contributed by atoms with E-state index in [0.717, 1.165) is 12.8 Å². The molecule has 6 heteroatoms. The van der Waals surface area contributed by atoms with Crippen molar-refractivity contribution in [3.63, 3.8) is 0 Å². The van der Waals surface area contributed by atoms with Crippen molar-refractivity contribution in [2.75, 3.05) is 0 Å². The molecule has 0 aromatic rings. The number of carboxylic acids is 1. The number of hydrogen-bond donors (Lipinski definition) is 2. The molecule has 1 rings (SSSR count). The van der Waals surface area contributed by atoms with Crippen LogP contribution in [0.25, 0.3) is 0 Å². The molecule has 0 amide bonds. The number of hydrogen-bond acceptors (Lipinski definition) is 3. The summed E-state index contributed by atoms with van der Waals surface area (Å²) in [5.41, 5.74) is 0. The molecule has 2 N–H and O–H groups in total. The van der Waals surface area contributed by atoms with E-state index in [2.05, 4.69) is 4.72 Å². The molecule has 1 fully saturated rings. The Morgan fingerprint density at radius 2 is 1.94 bits per heavy atom. The first-order valence-electron chi connectivity index (χ1n) is 6.11. The van der Waals surface area contributed by atoms with E-state index in [1.54, 1.807) is 0 Å². The Morgan fingerprint density at radius 3 is 2.33 bits per heavy atom. The highest BCUT2D eigenvalue weighted by Gasteiger charge is 2.35. The van der Waals surface area contributed by atoms with Crippen LogP contribution in [0, 0.1) is 5.92 Å². The van der Waals surface area contributed by atoms with E-state index in [-0.39, 0.29) is 23.0 Å². The Kier molecular flexibility index (Phi) is 5.04. The van der Waals surface area contributed by atoms with Gasteiger partial charge in [-0.15, -0.1) is 0 Å². The molecule has 0 aromatic heterocycles. The van der Waals surface area contributed by atoms with E-state index in [4.69, 9.17) is 5.11 Å². The zero-order valence-corrected chi connectivity index (χ0v) is 11.9. The quantitative estimate of drug-likeness (QED) is 0.685. The minimum Gasteiger partial charge on any atom is -0.481 e. The zero-order valence-electron chi connectivity index (χ0n) is 11.1. The molecule has 1 aliphatic rings. The van der Waals surface area contributed by atoms with Gasteiger partial charge in [-0.2, -0.15) is 0 Å². The molecule has 1 aliphatic carbocycles. The monoisotopic (exact) mass is 275 g/mol. The Hall–Kier alpha value is -0.750. The van der Waals surface area contributed by atoms with Gasteiger partial charge in [0.15, 0.2) is 0 Å². The summed E-state index contributed by atoms with van der Waals surface area (Å²) in [7, 11) is -1.23. The van der Waals surface area contributed by atoms with E-state index in [9.17, 15) is 13.8 Å². The van der Waals surface area contributed by atoms with E-state index in [1.807, 2.05) is 20.8 Å². The summed E-state index contributed by atoms with van der Waals surface area (Å²) in [4.78, 5) is 22.0. The average Bonchev–Trinajstić information content (AvgIpc) is 2.96. The van der Waals surface area contributed by atoms with Gasteiger partial charge < -0.3 is 5.11 Å². The molecule has 18 heavy (non-hydrogen) atoms. The highest BCUT2D eigenvalue weighted by molar-refractivity contribution is 7.84. The smallest absolute Gasteiger partial charge is 0.310 e. The fourth-order valence-electron chi connectivity index (χ4n) is 1.60. The van der Waals surface area contributed by atoms with Crippen LogP contribution in [0.4, 0.5) is 0 Å². The van der Waals surface area contributed by atoms with E-state index in [0.29, 0.717) is 5.92 Å². The van der Waals surface area contributed by atoms with Gasteiger partial charge in [0.2, 0.25) is 0 Å². The summed E-state index contributed by atoms with van der Waals surface area (Å²) < 4.78 is 14.6. The second-order valence-corrected chi connectivity index (χ2v) is 7.75. The van der Waals surface area contributed by atoms with Gasteiger partial charge in [-0.3, -0.25) is 9.59 Å². The van der Waals surface area contributed by atoms with Crippen LogP contribution >= 0.6 is 0 Å². The molecule has 1 saturated carbocycles. The number of aliphatic carboxylic acids is 1. The summed E-state index contributed by atoms with van der Waals surface area (Å²) in [6.07, 6.45) is 1.73. The third-order valence-corrected chi connectivity index (χ3v) is 4.43. The minimum atomic E-state index is -1.23. The Bertz CT molecular complexity index is 358. The molecule has 104 valence electrons. The average molecular weight is 275 g/mol. The lowest BCUT2D eigenvalue weighted by atomic mass is 10.1. The van der Waals surface area contributed by atoms with Crippen molar-refractivity contribution in [1.82, 2.24) is 4.72 Å². The first-order valence-corrected chi connectivity index (χ1v) is 7.26. The van der Waals surface area contributed by atoms with Crippen LogP contribution in [-0.4, -0.2) is 31.9 Å². The summed E-state index contributed by atoms with van der Waals surface area (Å²) in [6.45, 7) is 5.58. The fraction of sp³-hybridized carbons (Fsp3) is 0.833. The van der Waals surface area contributed by atoms with E-state index >= 15 is 0 Å². The van der Waals surface area contributed by atoms with Crippen LogP contribution in [0.5, 0.6) is 0 Å². The summed E-state index contributed by atoms with van der Waals surface area (Å²) in [5, 5.41) is 8.56. The predicted molar refractivity (Wildman–Crippen MR) is 69.4 cm³/mol. The van der Waals surface area contributed by atoms with Crippen LogP contribution in [0.3, 0.4) is 0 Å². The maximum Gasteiger partial charge on any atom is 0.310 e. The maximum atomic E-state index is 12.0. The summed E-state index contributed by atoms with van der Waals surface area (Å²) in [6, 6.07) is -0.156. The van der Waals surface area contributed by atoms with Gasteiger partial charge in [-0.05, 0) is 39.5 Å². The second-order valence-electron chi connectivity index (χ2n) is 5.76. The van der Waals surface area contributed by atoms with Crippen molar-refractivity contribution >= 4 is 22.7 Å². The highest BCUT2D eigenvalue weighted by Crippen LogP contribution is 2.34. The SMILES string of the molecule is CC(C)(C)S(=O)NC(CC(=O)CC(=O)O)C1CC1. The predicted octanol–water partition coefficient (Wildman–Crippen LogP) is 1.25. The van der Waals surface area contributed by atoms with Gasteiger partial charge in [0.25, 0.3) is 0 Å². The van der Waals surface area contributed by atoms with Gasteiger partial charge >= 0.3 is 5.97 Å². The van der Waals surface area contributed by atoms with Crippen LogP contribution in [0.1, 0.15) is 46.5 Å². The lowest BCUT2D eigenvalue weighted by Crippen LogP contribution is -2.42. The standard InChI is InChI=1S/C12H21NO4S/c1-12(2,3)18(17)13-10(8-4-5-8)6-9(14)7-11(15)16/h8,10,13H,4-7H2,1-3H3,(H,15,16). The van der Waals surface area contributed by atoms with E-state index in [1.165, 1.54) is 0 Å². The van der Waals surface area contributed by atoms with Gasteiger partial charge in [-0.1, -0.05) is 0 Å². The van der Waals surface area contributed by atoms with Gasteiger partial charge in [-0.25, -0.2) is 8.93 Å². The molecule has 2 unspecified atom stereocenters. The molecule has 0 heterocycles. The number of Topliss-reactive ketones (excluding diaryl/α,β-unsaturated/α-hetero) is 1. The molecular formula is C12H21NO4S. The number of carbonyl (C=O) groups excluding carboxylic acids is 1. The number of nitrogens with one attached hydrogen (secondary N) is 1. The fourth-order valence-corrected chi connectivity index (χ4v) is 2.51. The van der Waals surface area contributed by atoms with Gasteiger partial charge in [0.1, 0.15) is 12.2 Å². The van der Waals surface area contributed by atoms with Crippen molar-refractivity contribution in [1.29, 1.82) is 0 Å². The van der Waals surface area contributed by atoms with Crippen LogP contribution in [0.2, 0.25) is 0 Å². The molecule has 0 aliphatic heterocycles. The molecule has 0 radical (unpaired) electrons. The van der Waals surface area contributed by atoms with Crippen molar-refractivity contribution < 1.29 is 18.9 Å². The maximum absolute atomic E-state index is 12.0. The minimum absolute atomic E-state index is 0.152. The first kappa shape index (κ1) is 15.3. The Morgan fingerprint density at radius 1 is 1.39 bits per heavy atom. The lowest BCUT2D eigenvalue weighted by molar-refractivity contribution is -0.140. The third-order valence-electron chi connectivity index (χ3n) is 2.80. The number of carboxylic acid groups (broad SMARTS) is 1.